The first-order valence-electron chi connectivity index (χ1n) is 7.57. The second-order valence-corrected chi connectivity index (χ2v) is 6.42. The highest BCUT2D eigenvalue weighted by Crippen LogP contribution is 2.35. The molecule has 1 saturated heterocycles. The third-order valence-corrected chi connectivity index (χ3v) is 4.08. The van der Waals surface area contributed by atoms with Crippen molar-refractivity contribution in [2.75, 3.05) is 13.1 Å². The molecule has 0 atom stereocenters. The van der Waals surface area contributed by atoms with E-state index in [4.69, 9.17) is 0 Å². The van der Waals surface area contributed by atoms with Crippen LogP contribution in [0.4, 0.5) is 0 Å². The number of phenols is 1. The summed E-state index contributed by atoms with van der Waals surface area (Å²) in [6, 6.07) is 4.40. The molecule has 1 N–H and O–H groups in total. The second kappa shape index (κ2) is 5.96. The van der Waals surface area contributed by atoms with E-state index in [0.717, 1.165) is 17.7 Å². The van der Waals surface area contributed by atoms with Gasteiger partial charge in [-0.1, -0.05) is 39.8 Å². The fourth-order valence-electron chi connectivity index (χ4n) is 2.91. The van der Waals surface area contributed by atoms with Gasteiger partial charge in [0.2, 0.25) is 0 Å². The van der Waals surface area contributed by atoms with Gasteiger partial charge >= 0.3 is 0 Å². The van der Waals surface area contributed by atoms with Crippen molar-refractivity contribution in [1.29, 1.82) is 0 Å². The summed E-state index contributed by atoms with van der Waals surface area (Å²) in [5.74, 6) is 1.25. The number of aromatic hydroxyl groups is 1. The number of rotatable bonds is 4. The Labute approximate surface area is 117 Å². The van der Waals surface area contributed by atoms with Crippen LogP contribution in [-0.4, -0.2) is 23.1 Å². The van der Waals surface area contributed by atoms with Crippen LogP contribution in [0.1, 0.15) is 69.1 Å². The fourth-order valence-corrected chi connectivity index (χ4v) is 2.91. The Morgan fingerprint density at radius 2 is 1.47 bits per heavy atom. The summed E-state index contributed by atoms with van der Waals surface area (Å²) in [6.07, 6.45) is 2.65. The molecule has 1 heterocycles. The van der Waals surface area contributed by atoms with Gasteiger partial charge in [0.05, 0.1) is 0 Å². The SMILES string of the molecule is CC(C)c1cc(CN2CCCC2)cc(C(C)C)c1O. The molecule has 0 aromatic heterocycles. The summed E-state index contributed by atoms with van der Waals surface area (Å²) in [4.78, 5) is 2.51. The molecule has 1 aromatic carbocycles. The zero-order chi connectivity index (χ0) is 14.0. The number of hydrogen-bond donors (Lipinski definition) is 1. The van der Waals surface area contributed by atoms with Gasteiger partial charge in [-0.3, -0.25) is 4.90 Å². The lowest BCUT2D eigenvalue weighted by molar-refractivity contribution is 0.330. The Morgan fingerprint density at radius 1 is 1.00 bits per heavy atom. The topological polar surface area (TPSA) is 23.5 Å². The zero-order valence-electron chi connectivity index (χ0n) is 12.7. The lowest BCUT2D eigenvalue weighted by Gasteiger charge is -2.20. The number of benzene rings is 1. The lowest BCUT2D eigenvalue weighted by atomic mass is 9.91. The van der Waals surface area contributed by atoms with Gasteiger partial charge in [0.15, 0.2) is 0 Å². The Balaban J connectivity index is 2.32. The molecule has 2 nitrogen and oxygen atoms in total. The van der Waals surface area contributed by atoms with E-state index in [1.54, 1.807) is 0 Å². The first-order valence-corrected chi connectivity index (χ1v) is 7.57. The average Bonchev–Trinajstić information content (AvgIpc) is 2.83. The minimum Gasteiger partial charge on any atom is -0.507 e. The van der Waals surface area contributed by atoms with Crippen molar-refractivity contribution < 1.29 is 5.11 Å². The molecule has 106 valence electrons. The number of phenolic OH excluding ortho intramolecular Hbond substituents is 1. The van der Waals surface area contributed by atoms with Crippen LogP contribution in [0.15, 0.2) is 12.1 Å². The van der Waals surface area contributed by atoms with Gasteiger partial charge in [-0.25, -0.2) is 0 Å². The van der Waals surface area contributed by atoms with Gasteiger partial charge in [0, 0.05) is 6.54 Å². The largest absolute Gasteiger partial charge is 0.507 e. The predicted octanol–water partition coefficient (Wildman–Crippen LogP) is 4.23. The molecule has 0 aliphatic carbocycles. The third kappa shape index (κ3) is 3.30. The molecule has 1 fully saturated rings. The summed E-state index contributed by atoms with van der Waals surface area (Å²) in [5, 5.41) is 10.4. The predicted molar refractivity (Wildman–Crippen MR) is 80.8 cm³/mol. The molecule has 2 heteroatoms. The highest BCUT2D eigenvalue weighted by Gasteiger charge is 2.17. The van der Waals surface area contributed by atoms with Crippen LogP contribution < -0.4 is 0 Å². The molecular weight excluding hydrogens is 234 g/mol. The summed E-state index contributed by atoms with van der Waals surface area (Å²) < 4.78 is 0. The molecule has 1 aromatic rings. The molecular formula is C17H27NO. The molecule has 2 rings (SSSR count). The molecule has 0 radical (unpaired) electrons. The summed E-state index contributed by atoms with van der Waals surface area (Å²) >= 11 is 0. The van der Waals surface area contributed by atoms with Crippen molar-refractivity contribution in [1.82, 2.24) is 4.90 Å². The van der Waals surface area contributed by atoms with Crippen LogP contribution in [0.3, 0.4) is 0 Å². The van der Waals surface area contributed by atoms with E-state index in [1.165, 1.54) is 31.5 Å². The summed E-state index contributed by atoms with van der Waals surface area (Å²) in [6.45, 7) is 12.1. The van der Waals surface area contributed by atoms with E-state index < -0.39 is 0 Å². The minimum atomic E-state index is 0.371. The van der Waals surface area contributed by atoms with Crippen molar-refractivity contribution in [2.24, 2.45) is 0 Å². The van der Waals surface area contributed by atoms with Gasteiger partial charge in [0.1, 0.15) is 5.75 Å². The highest BCUT2D eigenvalue weighted by molar-refractivity contribution is 5.46. The van der Waals surface area contributed by atoms with Crippen LogP contribution in [0.5, 0.6) is 5.75 Å². The van der Waals surface area contributed by atoms with Gasteiger partial charge in [0.25, 0.3) is 0 Å². The normalized spacial score (nSPS) is 16.7. The van der Waals surface area contributed by atoms with Crippen LogP contribution in [-0.2, 0) is 6.54 Å². The smallest absolute Gasteiger partial charge is 0.122 e. The van der Waals surface area contributed by atoms with Crippen molar-refractivity contribution in [3.63, 3.8) is 0 Å². The molecule has 0 bridgehead atoms. The van der Waals surface area contributed by atoms with Crippen molar-refractivity contribution >= 4 is 0 Å². The standard InChI is InChI=1S/C17H27NO/c1-12(2)15-9-14(11-18-7-5-6-8-18)10-16(13(3)4)17(15)19/h9-10,12-13,19H,5-8,11H2,1-4H3. The maximum Gasteiger partial charge on any atom is 0.122 e. The van der Waals surface area contributed by atoms with Gasteiger partial charge in [-0.05, 0) is 54.5 Å². The van der Waals surface area contributed by atoms with Crippen LogP contribution >= 0.6 is 0 Å². The van der Waals surface area contributed by atoms with Crippen molar-refractivity contribution in [3.05, 3.63) is 28.8 Å². The number of likely N-dealkylation sites (tertiary alicyclic amines) is 1. The first-order chi connectivity index (χ1) is 8.99. The molecule has 0 amide bonds. The van der Waals surface area contributed by atoms with E-state index in [1.807, 2.05) is 0 Å². The van der Waals surface area contributed by atoms with Crippen molar-refractivity contribution in [3.8, 4) is 5.75 Å². The lowest BCUT2D eigenvalue weighted by Crippen LogP contribution is -2.18. The fraction of sp³-hybridized carbons (Fsp3) is 0.647. The number of nitrogens with zero attached hydrogens (tertiary/aromatic N) is 1. The van der Waals surface area contributed by atoms with Crippen LogP contribution in [0.25, 0.3) is 0 Å². The molecule has 0 spiro atoms. The minimum absolute atomic E-state index is 0.371. The van der Waals surface area contributed by atoms with E-state index in [2.05, 4.69) is 44.7 Å². The monoisotopic (exact) mass is 261 g/mol. The van der Waals surface area contributed by atoms with Gasteiger partial charge in [-0.15, -0.1) is 0 Å². The van der Waals surface area contributed by atoms with Gasteiger partial charge < -0.3 is 5.11 Å². The molecule has 0 saturated carbocycles. The maximum atomic E-state index is 10.4. The second-order valence-electron chi connectivity index (χ2n) is 6.42. The Hall–Kier alpha value is -1.02. The average molecular weight is 261 g/mol. The Morgan fingerprint density at radius 3 is 1.89 bits per heavy atom. The van der Waals surface area contributed by atoms with Crippen LogP contribution in [0, 0.1) is 0 Å². The highest BCUT2D eigenvalue weighted by atomic mass is 16.3. The third-order valence-electron chi connectivity index (χ3n) is 4.08. The van der Waals surface area contributed by atoms with Crippen LogP contribution in [0.2, 0.25) is 0 Å². The van der Waals surface area contributed by atoms with Gasteiger partial charge in [-0.2, -0.15) is 0 Å². The quantitative estimate of drug-likeness (QED) is 0.876. The van der Waals surface area contributed by atoms with E-state index in [9.17, 15) is 5.11 Å². The molecule has 0 unspecified atom stereocenters. The first kappa shape index (κ1) is 14.4. The summed E-state index contributed by atoms with van der Waals surface area (Å²) in [7, 11) is 0. The van der Waals surface area contributed by atoms with E-state index in [-0.39, 0.29) is 0 Å². The van der Waals surface area contributed by atoms with Crippen molar-refractivity contribution in [2.45, 2.75) is 58.9 Å². The van der Waals surface area contributed by atoms with E-state index in [0.29, 0.717) is 17.6 Å². The Bertz CT molecular complexity index is 402. The number of hydrogen-bond acceptors (Lipinski definition) is 2. The summed E-state index contributed by atoms with van der Waals surface area (Å²) in [5.41, 5.74) is 3.55. The Kier molecular flexibility index (Phi) is 4.51. The molecule has 1 aliphatic heterocycles. The zero-order valence-corrected chi connectivity index (χ0v) is 12.7. The molecule has 19 heavy (non-hydrogen) atoms. The van der Waals surface area contributed by atoms with E-state index >= 15 is 0 Å². The maximum absolute atomic E-state index is 10.4. The molecule has 1 aliphatic rings.